The third kappa shape index (κ3) is 3.19. The number of rotatable bonds is 7. The van der Waals surface area contributed by atoms with Crippen molar-refractivity contribution in [2.24, 2.45) is 0 Å². The number of nitrogens with one attached hydrogen (secondary N) is 1. The van der Waals surface area contributed by atoms with Crippen molar-refractivity contribution in [2.45, 2.75) is 25.9 Å². The van der Waals surface area contributed by atoms with Crippen LogP contribution in [0.3, 0.4) is 0 Å². The summed E-state index contributed by atoms with van der Waals surface area (Å²) in [5.41, 5.74) is 1.20. The molecule has 1 N–H and O–H groups in total. The van der Waals surface area contributed by atoms with Crippen LogP contribution in [0.25, 0.3) is 0 Å². The molecule has 1 aliphatic heterocycles. The minimum Gasteiger partial charge on any atom is -0.491 e. The molecule has 0 amide bonds. The van der Waals surface area contributed by atoms with Crippen LogP contribution in [0.5, 0.6) is 5.75 Å². The second-order valence-corrected chi connectivity index (χ2v) is 5.04. The number of aromatic nitrogens is 2. The maximum atomic E-state index is 5.69. The fraction of sp³-hybridized carbons (Fsp3) is 0.438. The summed E-state index contributed by atoms with van der Waals surface area (Å²) in [4.78, 5) is 4.41. The first-order valence-electron chi connectivity index (χ1n) is 7.45. The molecular formula is C16H21N3O2. The molecule has 0 saturated heterocycles. The molecule has 5 nitrogen and oxygen atoms in total. The zero-order valence-electron chi connectivity index (χ0n) is 12.3. The summed E-state index contributed by atoms with van der Waals surface area (Å²) < 4.78 is 13.2. The number of fused-ring (bicyclic) bond motifs is 1. The molecule has 1 aliphatic rings. The molecule has 3 rings (SSSR count). The van der Waals surface area contributed by atoms with Gasteiger partial charge in [0.05, 0.1) is 6.04 Å². The fourth-order valence-electron chi connectivity index (χ4n) is 2.55. The van der Waals surface area contributed by atoms with Crippen LogP contribution >= 0.6 is 0 Å². The minimum absolute atomic E-state index is 0.161. The summed E-state index contributed by atoms with van der Waals surface area (Å²) in [6.07, 6.45) is 4.80. The summed E-state index contributed by atoms with van der Waals surface area (Å²) in [7, 11) is 0. The van der Waals surface area contributed by atoms with Crippen LogP contribution in [0.15, 0.2) is 36.7 Å². The Hall–Kier alpha value is -2.01. The van der Waals surface area contributed by atoms with Gasteiger partial charge in [-0.05, 0) is 19.4 Å². The van der Waals surface area contributed by atoms with Crippen molar-refractivity contribution in [2.75, 3.05) is 25.1 Å². The lowest BCUT2D eigenvalue weighted by Crippen LogP contribution is -2.16. The van der Waals surface area contributed by atoms with Crippen LogP contribution in [0.2, 0.25) is 0 Å². The van der Waals surface area contributed by atoms with E-state index >= 15 is 0 Å². The molecule has 1 unspecified atom stereocenters. The zero-order chi connectivity index (χ0) is 14.5. The third-order valence-electron chi connectivity index (χ3n) is 3.61. The molecule has 0 aliphatic carbocycles. The van der Waals surface area contributed by atoms with E-state index in [0.29, 0.717) is 6.61 Å². The lowest BCUT2D eigenvalue weighted by molar-refractivity contribution is 0.142. The SMILES string of the molecule is CCOCCCn1ccnc1NC1COc2ccccc21. The predicted molar refractivity (Wildman–Crippen MR) is 81.6 cm³/mol. The van der Waals surface area contributed by atoms with Crippen LogP contribution in [0.1, 0.15) is 24.9 Å². The van der Waals surface area contributed by atoms with E-state index in [9.17, 15) is 0 Å². The third-order valence-corrected chi connectivity index (χ3v) is 3.61. The van der Waals surface area contributed by atoms with Gasteiger partial charge in [-0.3, -0.25) is 0 Å². The van der Waals surface area contributed by atoms with Gasteiger partial charge in [0.2, 0.25) is 5.95 Å². The molecule has 5 heteroatoms. The van der Waals surface area contributed by atoms with Crippen molar-refractivity contribution >= 4 is 5.95 Å². The lowest BCUT2D eigenvalue weighted by Gasteiger charge is -2.14. The second-order valence-electron chi connectivity index (χ2n) is 5.04. The van der Waals surface area contributed by atoms with E-state index < -0.39 is 0 Å². The average molecular weight is 287 g/mol. The number of ether oxygens (including phenoxy) is 2. The molecule has 2 heterocycles. The van der Waals surface area contributed by atoms with Gasteiger partial charge in [-0.25, -0.2) is 4.98 Å². The highest BCUT2D eigenvalue weighted by molar-refractivity contribution is 5.44. The quantitative estimate of drug-likeness (QED) is 0.796. The predicted octanol–water partition coefficient (Wildman–Crippen LogP) is 2.86. The van der Waals surface area contributed by atoms with Crippen LogP contribution in [-0.2, 0) is 11.3 Å². The summed E-state index contributed by atoms with van der Waals surface area (Å²) in [5.74, 6) is 1.85. The van der Waals surface area contributed by atoms with E-state index in [1.165, 1.54) is 5.56 Å². The first kappa shape index (κ1) is 13.9. The maximum absolute atomic E-state index is 5.69. The number of hydrogen-bond donors (Lipinski definition) is 1. The van der Waals surface area contributed by atoms with Gasteiger partial charge in [0.25, 0.3) is 0 Å². The number of para-hydroxylation sites is 1. The molecule has 1 atom stereocenters. The summed E-state index contributed by atoms with van der Waals surface area (Å²) in [6.45, 7) is 5.11. The van der Waals surface area contributed by atoms with Gasteiger partial charge >= 0.3 is 0 Å². The smallest absolute Gasteiger partial charge is 0.203 e. The van der Waals surface area contributed by atoms with E-state index in [0.717, 1.165) is 37.9 Å². The summed E-state index contributed by atoms with van der Waals surface area (Å²) in [6, 6.07) is 8.30. The van der Waals surface area contributed by atoms with Gasteiger partial charge in [0, 0.05) is 37.7 Å². The molecule has 0 saturated carbocycles. The van der Waals surface area contributed by atoms with E-state index in [1.807, 2.05) is 37.5 Å². The lowest BCUT2D eigenvalue weighted by atomic mass is 10.1. The molecule has 0 radical (unpaired) electrons. The Morgan fingerprint density at radius 3 is 3.24 bits per heavy atom. The highest BCUT2D eigenvalue weighted by atomic mass is 16.5. The molecular weight excluding hydrogens is 266 g/mol. The van der Waals surface area contributed by atoms with Crippen LogP contribution in [0, 0.1) is 0 Å². The molecule has 0 spiro atoms. The van der Waals surface area contributed by atoms with Crippen molar-refractivity contribution < 1.29 is 9.47 Å². The Morgan fingerprint density at radius 2 is 2.33 bits per heavy atom. The normalized spacial score (nSPS) is 16.5. The Balaban J connectivity index is 1.63. The maximum Gasteiger partial charge on any atom is 0.203 e. The van der Waals surface area contributed by atoms with E-state index in [1.54, 1.807) is 0 Å². The number of benzene rings is 1. The van der Waals surface area contributed by atoms with Crippen molar-refractivity contribution in [3.63, 3.8) is 0 Å². The Morgan fingerprint density at radius 1 is 1.43 bits per heavy atom. The number of imidazole rings is 1. The zero-order valence-corrected chi connectivity index (χ0v) is 12.3. The topological polar surface area (TPSA) is 48.3 Å². The average Bonchev–Trinajstić information content (AvgIpc) is 3.12. The van der Waals surface area contributed by atoms with Gasteiger partial charge in [-0.2, -0.15) is 0 Å². The van der Waals surface area contributed by atoms with Crippen LogP contribution in [0.4, 0.5) is 5.95 Å². The number of nitrogens with zero attached hydrogens (tertiary/aromatic N) is 2. The molecule has 1 aromatic heterocycles. The van der Waals surface area contributed by atoms with Gasteiger partial charge in [0.1, 0.15) is 12.4 Å². The second kappa shape index (κ2) is 6.63. The largest absolute Gasteiger partial charge is 0.491 e. The molecule has 21 heavy (non-hydrogen) atoms. The monoisotopic (exact) mass is 287 g/mol. The van der Waals surface area contributed by atoms with Crippen molar-refractivity contribution in [3.8, 4) is 5.75 Å². The number of aryl methyl sites for hydroxylation is 1. The van der Waals surface area contributed by atoms with Crippen molar-refractivity contribution in [1.82, 2.24) is 9.55 Å². The van der Waals surface area contributed by atoms with Gasteiger partial charge in [-0.15, -0.1) is 0 Å². The summed E-state index contributed by atoms with van der Waals surface area (Å²) >= 11 is 0. The van der Waals surface area contributed by atoms with E-state index in [4.69, 9.17) is 9.47 Å². The number of anilines is 1. The van der Waals surface area contributed by atoms with Crippen molar-refractivity contribution in [1.29, 1.82) is 0 Å². The minimum atomic E-state index is 0.161. The first-order chi connectivity index (χ1) is 10.4. The molecule has 112 valence electrons. The fourth-order valence-corrected chi connectivity index (χ4v) is 2.55. The molecule has 0 fully saturated rings. The Labute approximate surface area is 124 Å². The van der Waals surface area contributed by atoms with Gasteiger partial charge in [0.15, 0.2) is 0 Å². The molecule has 0 bridgehead atoms. The summed E-state index contributed by atoms with van der Waals surface area (Å²) in [5, 5.41) is 3.47. The first-order valence-corrected chi connectivity index (χ1v) is 7.45. The Kier molecular flexibility index (Phi) is 4.40. The van der Waals surface area contributed by atoms with E-state index in [2.05, 4.69) is 20.9 Å². The van der Waals surface area contributed by atoms with Crippen LogP contribution < -0.4 is 10.1 Å². The van der Waals surface area contributed by atoms with Crippen LogP contribution in [-0.4, -0.2) is 29.4 Å². The van der Waals surface area contributed by atoms with Gasteiger partial charge < -0.3 is 19.4 Å². The van der Waals surface area contributed by atoms with Gasteiger partial charge in [-0.1, -0.05) is 18.2 Å². The highest BCUT2D eigenvalue weighted by Gasteiger charge is 2.24. The number of hydrogen-bond acceptors (Lipinski definition) is 4. The van der Waals surface area contributed by atoms with Crippen molar-refractivity contribution in [3.05, 3.63) is 42.2 Å². The Bertz CT molecular complexity index is 582. The standard InChI is InChI=1S/C16H21N3O2/c1-2-20-11-5-9-19-10-8-17-16(19)18-14-12-21-15-7-4-3-6-13(14)15/h3-4,6-8,10,14H,2,5,9,11-12H2,1H3,(H,17,18). The van der Waals surface area contributed by atoms with E-state index in [-0.39, 0.29) is 6.04 Å². The molecule has 2 aromatic rings. The molecule has 1 aromatic carbocycles. The highest BCUT2D eigenvalue weighted by Crippen LogP contribution is 2.33.